The Morgan fingerprint density at radius 3 is 2.05 bits per heavy atom. The Morgan fingerprint density at radius 2 is 1.53 bits per heavy atom. The minimum absolute atomic E-state index is 0.189. The molecule has 1 aliphatic carbocycles. The van der Waals surface area contributed by atoms with Crippen LogP contribution in [0.4, 0.5) is 0 Å². The Labute approximate surface area is 114 Å². The molecular formula is C14H25NO4. The minimum Gasteiger partial charge on any atom is -0.425 e. The number of esters is 2. The van der Waals surface area contributed by atoms with Crippen molar-refractivity contribution in [3.63, 3.8) is 0 Å². The highest BCUT2D eigenvalue weighted by atomic mass is 16.7. The highest BCUT2D eigenvalue weighted by Gasteiger charge is 2.29. The predicted molar refractivity (Wildman–Crippen MR) is 71.0 cm³/mol. The molecule has 2 atom stereocenters. The molecule has 0 aromatic carbocycles. The van der Waals surface area contributed by atoms with Crippen molar-refractivity contribution in [3.05, 3.63) is 0 Å². The largest absolute Gasteiger partial charge is 0.425 e. The minimum atomic E-state index is -0.878. The van der Waals surface area contributed by atoms with Crippen LogP contribution in [-0.2, 0) is 19.1 Å². The van der Waals surface area contributed by atoms with E-state index in [4.69, 9.17) is 15.2 Å². The molecule has 0 aromatic heterocycles. The normalized spacial score (nSPS) is 19.8. The van der Waals surface area contributed by atoms with Gasteiger partial charge in [-0.15, -0.1) is 0 Å². The molecule has 0 aromatic rings. The maximum Gasteiger partial charge on any atom is 0.326 e. The second kappa shape index (κ2) is 7.48. The van der Waals surface area contributed by atoms with Gasteiger partial charge in [-0.05, 0) is 18.8 Å². The molecule has 0 radical (unpaired) electrons. The summed E-state index contributed by atoms with van der Waals surface area (Å²) in [5.41, 5.74) is 5.92. The van der Waals surface area contributed by atoms with Gasteiger partial charge in [0.2, 0.25) is 6.29 Å². The zero-order valence-corrected chi connectivity index (χ0v) is 12.1. The molecular weight excluding hydrogens is 246 g/mol. The third-order valence-electron chi connectivity index (χ3n) is 3.47. The Hall–Kier alpha value is -1.10. The number of rotatable bonds is 5. The fourth-order valence-electron chi connectivity index (χ4n) is 2.25. The molecule has 110 valence electrons. The average Bonchev–Trinajstić information content (AvgIpc) is 2.38. The smallest absolute Gasteiger partial charge is 0.326 e. The summed E-state index contributed by atoms with van der Waals surface area (Å²) in [5.74, 6) is -0.912. The van der Waals surface area contributed by atoms with Crippen molar-refractivity contribution in [2.75, 3.05) is 0 Å². The summed E-state index contributed by atoms with van der Waals surface area (Å²) in [7, 11) is 0. The van der Waals surface area contributed by atoms with E-state index in [1.807, 2.05) is 0 Å². The highest BCUT2D eigenvalue weighted by Crippen LogP contribution is 2.26. The van der Waals surface area contributed by atoms with Gasteiger partial charge in [-0.3, -0.25) is 9.59 Å². The van der Waals surface area contributed by atoms with E-state index in [9.17, 15) is 9.59 Å². The second-order valence-electron chi connectivity index (χ2n) is 5.52. The average molecular weight is 271 g/mol. The lowest BCUT2D eigenvalue weighted by Gasteiger charge is -2.27. The van der Waals surface area contributed by atoms with Gasteiger partial charge in [0.1, 0.15) is 6.04 Å². The molecule has 1 rings (SSSR count). The van der Waals surface area contributed by atoms with E-state index >= 15 is 0 Å². The molecule has 0 amide bonds. The van der Waals surface area contributed by atoms with Gasteiger partial charge >= 0.3 is 11.9 Å². The van der Waals surface area contributed by atoms with Crippen molar-refractivity contribution >= 4 is 11.9 Å². The topological polar surface area (TPSA) is 78.6 Å². The van der Waals surface area contributed by atoms with Gasteiger partial charge in [0.25, 0.3) is 0 Å². The lowest BCUT2D eigenvalue weighted by molar-refractivity contribution is -0.188. The van der Waals surface area contributed by atoms with Crippen LogP contribution in [0.15, 0.2) is 0 Å². The SMILES string of the molecule is CC(OC(=O)C(C)C)OC(=O)C(N)C1CCCCC1. The van der Waals surface area contributed by atoms with Gasteiger partial charge < -0.3 is 15.2 Å². The maximum atomic E-state index is 11.9. The third kappa shape index (κ3) is 5.19. The van der Waals surface area contributed by atoms with Crippen molar-refractivity contribution in [1.29, 1.82) is 0 Å². The van der Waals surface area contributed by atoms with E-state index < -0.39 is 18.3 Å². The van der Waals surface area contributed by atoms with Crippen LogP contribution in [0.3, 0.4) is 0 Å². The van der Waals surface area contributed by atoms with Crippen molar-refractivity contribution in [3.8, 4) is 0 Å². The molecule has 19 heavy (non-hydrogen) atoms. The number of carbonyl (C=O) groups excluding carboxylic acids is 2. The molecule has 1 fully saturated rings. The summed E-state index contributed by atoms with van der Waals surface area (Å²) in [4.78, 5) is 23.2. The lowest BCUT2D eigenvalue weighted by Crippen LogP contribution is -2.42. The number of nitrogens with two attached hydrogens (primary N) is 1. The van der Waals surface area contributed by atoms with Crippen molar-refractivity contribution in [1.82, 2.24) is 0 Å². The van der Waals surface area contributed by atoms with Crippen LogP contribution in [0.1, 0.15) is 52.9 Å². The molecule has 0 heterocycles. The predicted octanol–water partition coefficient (Wildman–Crippen LogP) is 1.98. The maximum absolute atomic E-state index is 11.9. The summed E-state index contributed by atoms with van der Waals surface area (Å²) in [6, 6.07) is -0.611. The molecule has 5 nitrogen and oxygen atoms in total. The first-order chi connectivity index (χ1) is 8.91. The monoisotopic (exact) mass is 271 g/mol. The quantitative estimate of drug-likeness (QED) is 0.611. The van der Waals surface area contributed by atoms with E-state index in [1.165, 1.54) is 13.3 Å². The van der Waals surface area contributed by atoms with E-state index in [1.54, 1.807) is 13.8 Å². The van der Waals surface area contributed by atoms with Gasteiger partial charge in [-0.2, -0.15) is 0 Å². The number of hydrogen-bond donors (Lipinski definition) is 1. The zero-order valence-electron chi connectivity index (χ0n) is 12.1. The molecule has 0 bridgehead atoms. The molecule has 5 heteroatoms. The molecule has 0 saturated heterocycles. The molecule has 0 aliphatic heterocycles. The lowest BCUT2D eigenvalue weighted by atomic mass is 9.84. The van der Waals surface area contributed by atoms with Crippen LogP contribution in [0.2, 0.25) is 0 Å². The Kier molecular flexibility index (Phi) is 6.28. The van der Waals surface area contributed by atoms with Crippen molar-refractivity contribution in [2.45, 2.75) is 65.2 Å². The first-order valence-corrected chi connectivity index (χ1v) is 7.08. The summed E-state index contributed by atoms with van der Waals surface area (Å²) >= 11 is 0. The number of carbonyl (C=O) groups is 2. The molecule has 2 unspecified atom stereocenters. The Balaban J connectivity index is 2.38. The van der Waals surface area contributed by atoms with Crippen LogP contribution < -0.4 is 5.73 Å². The fourth-order valence-corrected chi connectivity index (χ4v) is 2.25. The Morgan fingerprint density at radius 1 is 1.00 bits per heavy atom. The highest BCUT2D eigenvalue weighted by molar-refractivity contribution is 5.76. The zero-order chi connectivity index (χ0) is 14.4. The van der Waals surface area contributed by atoms with Crippen LogP contribution in [-0.4, -0.2) is 24.3 Å². The number of hydrogen-bond acceptors (Lipinski definition) is 5. The van der Waals surface area contributed by atoms with Gasteiger partial charge in [-0.1, -0.05) is 33.1 Å². The van der Waals surface area contributed by atoms with E-state index in [0.717, 1.165) is 25.7 Å². The van der Waals surface area contributed by atoms with Gasteiger partial charge in [-0.25, -0.2) is 0 Å². The summed E-state index contributed by atoms with van der Waals surface area (Å²) in [6.07, 6.45) is 4.50. The molecule has 2 N–H and O–H groups in total. The molecule has 1 aliphatic rings. The fraction of sp³-hybridized carbons (Fsp3) is 0.857. The summed E-state index contributed by atoms with van der Waals surface area (Å²) in [5, 5.41) is 0. The van der Waals surface area contributed by atoms with Gasteiger partial charge in [0.15, 0.2) is 0 Å². The summed E-state index contributed by atoms with van der Waals surface area (Å²) < 4.78 is 10.1. The van der Waals surface area contributed by atoms with E-state index in [0.29, 0.717) is 0 Å². The van der Waals surface area contributed by atoms with Crippen LogP contribution in [0.5, 0.6) is 0 Å². The van der Waals surface area contributed by atoms with E-state index in [2.05, 4.69) is 0 Å². The van der Waals surface area contributed by atoms with Gasteiger partial charge in [0, 0.05) is 6.92 Å². The van der Waals surface area contributed by atoms with Crippen molar-refractivity contribution in [2.24, 2.45) is 17.6 Å². The third-order valence-corrected chi connectivity index (χ3v) is 3.47. The number of ether oxygens (including phenoxy) is 2. The van der Waals surface area contributed by atoms with Crippen molar-refractivity contribution < 1.29 is 19.1 Å². The van der Waals surface area contributed by atoms with Crippen LogP contribution in [0.25, 0.3) is 0 Å². The van der Waals surface area contributed by atoms with Gasteiger partial charge in [0.05, 0.1) is 5.92 Å². The standard InChI is InChI=1S/C14H25NO4/c1-9(2)13(16)18-10(3)19-14(17)12(15)11-7-5-4-6-8-11/h9-12H,4-8,15H2,1-3H3. The first kappa shape index (κ1) is 16.0. The molecule has 0 spiro atoms. The van der Waals surface area contributed by atoms with Crippen LogP contribution >= 0.6 is 0 Å². The Bertz CT molecular complexity index is 311. The summed E-state index contributed by atoms with van der Waals surface area (Å²) in [6.45, 7) is 4.99. The van der Waals surface area contributed by atoms with Crippen LogP contribution in [0, 0.1) is 11.8 Å². The first-order valence-electron chi connectivity index (χ1n) is 7.08. The molecule has 1 saturated carbocycles. The van der Waals surface area contributed by atoms with E-state index in [-0.39, 0.29) is 17.8 Å². The second-order valence-corrected chi connectivity index (χ2v) is 5.52.